The predicted octanol–water partition coefficient (Wildman–Crippen LogP) is 1.22. The fourth-order valence-corrected chi connectivity index (χ4v) is 1.59. The number of aliphatic hydroxyl groups is 1. The molecule has 1 aromatic heterocycles. The zero-order valence-electron chi connectivity index (χ0n) is 10.1. The Morgan fingerprint density at radius 3 is 2.94 bits per heavy atom. The predicted molar refractivity (Wildman–Crippen MR) is 66.4 cm³/mol. The van der Waals surface area contributed by atoms with Gasteiger partial charge < -0.3 is 15.3 Å². The zero-order chi connectivity index (χ0) is 12.4. The van der Waals surface area contributed by atoms with Gasteiger partial charge in [0.15, 0.2) is 5.58 Å². The zero-order valence-corrected chi connectivity index (χ0v) is 10.1. The molecule has 5 heteroatoms. The summed E-state index contributed by atoms with van der Waals surface area (Å²) in [5, 5.41) is 9.05. The van der Waals surface area contributed by atoms with E-state index < -0.39 is 0 Å². The lowest BCUT2D eigenvalue weighted by molar-refractivity contribution is 0.145. The molecule has 3 N–H and O–H groups in total. The highest BCUT2D eigenvalue weighted by Crippen LogP contribution is 2.21. The molecule has 1 heterocycles. The fourth-order valence-electron chi connectivity index (χ4n) is 1.59. The van der Waals surface area contributed by atoms with E-state index in [1.165, 1.54) is 0 Å². The minimum Gasteiger partial charge on any atom is -0.439 e. The number of rotatable bonds is 4. The van der Waals surface area contributed by atoms with Gasteiger partial charge in [0.05, 0.1) is 18.8 Å². The summed E-state index contributed by atoms with van der Waals surface area (Å²) in [6.45, 7) is 2.60. The fraction of sp³-hybridized carbons (Fsp3) is 0.417. The molecule has 2 rings (SSSR count). The van der Waals surface area contributed by atoms with E-state index in [1.54, 1.807) is 6.07 Å². The summed E-state index contributed by atoms with van der Waals surface area (Å²) in [5.74, 6) is 0.612. The lowest BCUT2D eigenvalue weighted by Gasteiger charge is -2.20. The van der Waals surface area contributed by atoms with Crippen molar-refractivity contribution < 1.29 is 9.52 Å². The van der Waals surface area contributed by atoms with Crippen molar-refractivity contribution in [1.29, 1.82) is 0 Å². The number of hydrogen-bond donors (Lipinski definition) is 2. The van der Waals surface area contributed by atoms with Crippen LogP contribution in [-0.2, 0) is 6.54 Å². The summed E-state index contributed by atoms with van der Waals surface area (Å²) < 4.78 is 5.60. The third kappa shape index (κ3) is 2.40. The highest BCUT2D eigenvalue weighted by Gasteiger charge is 2.13. The molecule has 0 fully saturated rings. The van der Waals surface area contributed by atoms with Gasteiger partial charge in [-0.3, -0.25) is 4.90 Å². The summed E-state index contributed by atoms with van der Waals surface area (Å²) in [6, 6.07) is 5.56. The number of para-hydroxylation sites is 1. The Labute approximate surface area is 99.8 Å². The van der Waals surface area contributed by atoms with Crippen LogP contribution in [0, 0.1) is 0 Å². The molecule has 0 bridgehead atoms. The van der Waals surface area contributed by atoms with Gasteiger partial charge >= 0.3 is 0 Å². The van der Waals surface area contributed by atoms with Crippen molar-refractivity contribution in [3.63, 3.8) is 0 Å². The minimum atomic E-state index is 0.0716. The largest absolute Gasteiger partial charge is 0.439 e. The lowest BCUT2D eigenvalue weighted by atomic mass is 10.3. The van der Waals surface area contributed by atoms with Crippen LogP contribution in [0.15, 0.2) is 22.6 Å². The molecule has 0 aliphatic heterocycles. The van der Waals surface area contributed by atoms with E-state index in [2.05, 4.69) is 4.98 Å². The van der Waals surface area contributed by atoms with Gasteiger partial charge in [-0.2, -0.15) is 0 Å². The molecule has 1 aromatic carbocycles. The van der Waals surface area contributed by atoms with Gasteiger partial charge in [0.2, 0.25) is 5.89 Å². The quantitative estimate of drug-likeness (QED) is 0.779. The molecule has 0 saturated carbocycles. The van der Waals surface area contributed by atoms with Crippen molar-refractivity contribution in [3.8, 4) is 0 Å². The second kappa shape index (κ2) is 4.73. The molecule has 0 aliphatic carbocycles. The summed E-state index contributed by atoms with van der Waals surface area (Å²) >= 11 is 0. The number of aliphatic hydroxyl groups excluding tert-OH is 1. The first-order valence-corrected chi connectivity index (χ1v) is 5.57. The molecule has 0 amide bonds. The number of hydrogen-bond acceptors (Lipinski definition) is 5. The molecular weight excluding hydrogens is 218 g/mol. The SMILES string of the molecule is CC(CO)N(C)Cc1nc2c(N)cccc2o1. The second-order valence-electron chi connectivity index (χ2n) is 4.25. The van der Waals surface area contributed by atoms with Crippen LogP contribution in [0.2, 0.25) is 0 Å². The van der Waals surface area contributed by atoms with Crippen LogP contribution in [0.1, 0.15) is 12.8 Å². The van der Waals surface area contributed by atoms with E-state index in [9.17, 15) is 0 Å². The van der Waals surface area contributed by atoms with Gasteiger partial charge in [0.25, 0.3) is 0 Å². The first-order chi connectivity index (χ1) is 8.11. The van der Waals surface area contributed by atoms with Crippen LogP contribution in [0.25, 0.3) is 11.1 Å². The molecule has 5 nitrogen and oxygen atoms in total. The smallest absolute Gasteiger partial charge is 0.209 e. The first kappa shape index (κ1) is 11.9. The molecule has 0 spiro atoms. The number of nitrogens with zero attached hydrogens (tertiary/aromatic N) is 2. The third-order valence-corrected chi connectivity index (χ3v) is 2.90. The normalized spacial score (nSPS) is 13.4. The Bertz CT molecular complexity index is 509. The molecule has 2 aromatic rings. The molecular formula is C12H17N3O2. The number of likely N-dealkylation sites (N-methyl/N-ethyl adjacent to an activating group) is 1. The summed E-state index contributed by atoms with van der Waals surface area (Å²) in [6.07, 6.45) is 0. The van der Waals surface area contributed by atoms with Gasteiger partial charge in [-0.15, -0.1) is 0 Å². The Balaban J connectivity index is 2.23. The number of fused-ring (bicyclic) bond motifs is 1. The standard InChI is InChI=1S/C12H17N3O2/c1-8(7-16)15(2)6-11-14-12-9(13)4-3-5-10(12)17-11/h3-5,8,16H,6-7,13H2,1-2H3. The van der Waals surface area contributed by atoms with Crippen LogP contribution < -0.4 is 5.73 Å². The van der Waals surface area contributed by atoms with Crippen LogP contribution in [0.4, 0.5) is 5.69 Å². The van der Waals surface area contributed by atoms with Crippen LogP contribution >= 0.6 is 0 Å². The Morgan fingerprint density at radius 1 is 1.53 bits per heavy atom. The van der Waals surface area contributed by atoms with Gasteiger partial charge in [-0.25, -0.2) is 4.98 Å². The number of nitrogen functional groups attached to an aromatic ring is 1. The third-order valence-electron chi connectivity index (χ3n) is 2.90. The van der Waals surface area contributed by atoms with Gasteiger partial charge in [-0.05, 0) is 26.1 Å². The van der Waals surface area contributed by atoms with Crippen LogP contribution in [0.5, 0.6) is 0 Å². The number of nitrogens with two attached hydrogens (primary N) is 1. The van der Waals surface area contributed by atoms with Crippen molar-refractivity contribution in [2.75, 3.05) is 19.4 Å². The van der Waals surface area contributed by atoms with Crippen molar-refractivity contribution in [2.24, 2.45) is 0 Å². The van der Waals surface area contributed by atoms with Crippen molar-refractivity contribution >= 4 is 16.8 Å². The van der Waals surface area contributed by atoms with E-state index in [4.69, 9.17) is 15.3 Å². The second-order valence-corrected chi connectivity index (χ2v) is 4.25. The molecule has 17 heavy (non-hydrogen) atoms. The number of aromatic nitrogens is 1. The number of oxazole rings is 1. The topological polar surface area (TPSA) is 75.5 Å². The molecule has 1 unspecified atom stereocenters. The van der Waals surface area contributed by atoms with Gasteiger partial charge in [0.1, 0.15) is 5.52 Å². The molecule has 0 aliphatic rings. The average molecular weight is 235 g/mol. The first-order valence-electron chi connectivity index (χ1n) is 5.57. The lowest BCUT2D eigenvalue weighted by Crippen LogP contribution is -2.31. The Kier molecular flexibility index (Phi) is 3.31. The van der Waals surface area contributed by atoms with E-state index in [-0.39, 0.29) is 12.6 Å². The van der Waals surface area contributed by atoms with Crippen molar-refractivity contribution in [2.45, 2.75) is 19.5 Å². The monoisotopic (exact) mass is 235 g/mol. The van der Waals surface area contributed by atoms with Crippen molar-refractivity contribution in [1.82, 2.24) is 9.88 Å². The molecule has 0 radical (unpaired) electrons. The maximum absolute atomic E-state index is 9.05. The van der Waals surface area contributed by atoms with Crippen molar-refractivity contribution in [3.05, 3.63) is 24.1 Å². The van der Waals surface area contributed by atoms with E-state index in [1.807, 2.05) is 31.0 Å². The van der Waals surface area contributed by atoms with E-state index in [0.717, 1.165) is 0 Å². The summed E-state index contributed by atoms with van der Waals surface area (Å²) in [5.41, 5.74) is 7.83. The molecule has 92 valence electrons. The van der Waals surface area contributed by atoms with E-state index in [0.29, 0.717) is 29.2 Å². The maximum atomic E-state index is 9.05. The Hall–Kier alpha value is -1.59. The summed E-state index contributed by atoms with van der Waals surface area (Å²) in [7, 11) is 1.92. The van der Waals surface area contributed by atoms with E-state index >= 15 is 0 Å². The van der Waals surface area contributed by atoms with Gasteiger partial charge in [-0.1, -0.05) is 6.07 Å². The molecule has 1 atom stereocenters. The average Bonchev–Trinajstić information content (AvgIpc) is 2.72. The van der Waals surface area contributed by atoms with Crippen LogP contribution in [-0.4, -0.2) is 34.7 Å². The highest BCUT2D eigenvalue weighted by molar-refractivity contribution is 5.85. The number of anilines is 1. The Morgan fingerprint density at radius 2 is 2.29 bits per heavy atom. The number of benzene rings is 1. The summed E-state index contributed by atoms with van der Waals surface area (Å²) in [4.78, 5) is 6.33. The maximum Gasteiger partial charge on any atom is 0.209 e. The molecule has 0 saturated heterocycles. The van der Waals surface area contributed by atoms with Gasteiger partial charge in [0, 0.05) is 6.04 Å². The van der Waals surface area contributed by atoms with Crippen LogP contribution in [0.3, 0.4) is 0 Å². The highest BCUT2D eigenvalue weighted by atomic mass is 16.3. The minimum absolute atomic E-state index is 0.0716.